The molecule has 2 saturated heterocycles. The van der Waals surface area contributed by atoms with Gasteiger partial charge < -0.3 is 20.0 Å². The van der Waals surface area contributed by atoms with Gasteiger partial charge in [-0.1, -0.05) is 11.6 Å². The molecule has 196 valence electrons. The third-order valence-electron chi connectivity index (χ3n) is 8.17. The Hall–Kier alpha value is -3.66. The molecule has 5 heterocycles. The number of imidazole rings is 1. The van der Waals surface area contributed by atoms with Crippen molar-refractivity contribution >= 4 is 40.8 Å². The molecule has 4 aliphatic rings. The molecule has 0 spiro atoms. The van der Waals surface area contributed by atoms with Crippen molar-refractivity contribution in [2.45, 2.75) is 43.8 Å². The summed E-state index contributed by atoms with van der Waals surface area (Å²) in [5.41, 5.74) is 1.52. The summed E-state index contributed by atoms with van der Waals surface area (Å²) in [6.45, 7) is 2.17. The Bertz CT molecular complexity index is 1450. The van der Waals surface area contributed by atoms with E-state index in [1.165, 1.54) is 0 Å². The molecule has 0 radical (unpaired) electrons. The van der Waals surface area contributed by atoms with Crippen LogP contribution in [0.4, 0.5) is 5.82 Å². The number of carbonyl (C=O) groups is 3. The van der Waals surface area contributed by atoms with Crippen LogP contribution >= 0.6 is 11.6 Å². The molecule has 0 unspecified atom stereocenters. The molecule has 10 nitrogen and oxygen atoms in total. The van der Waals surface area contributed by atoms with Crippen LogP contribution in [0, 0.1) is 5.92 Å². The zero-order valence-electron chi connectivity index (χ0n) is 20.8. The van der Waals surface area contributed by atoms with Gasteiger partial charge in [0.05, 0.1) is 16.8 Å². The van der Waals surface area contributed by atoms with E-state index in [-0.39, 0.29) is 29.8 Å². The van der Waals surface area contributed by atoms with Crippen LogP contribution in [0.15, 0.2) is 42.9 Å². The Kier molecular flexibility index (Phi) is 5.54. The number of fused-ring (bicyclic) bond motifs is 2. The fourth-order valence-corrected chi connectivity index (χ4v) is 6.12. The Morgan fingerprint density at radius 2 is 1.82 bits per heavy atom. The van der Waals surface area contributed by atoms with Crippen molar-refractivity contribution in [2.24, 2.45) is 5.92 Å². The second-order valence-electron chi connectivity index (χ2n) is 10.7. The van der Waals surface area contributed by atoms with Gasteiger partial charge in [-0.25, -0.2) is 9.97 Å². The number of carbonyl (C=O) groups excluding carboxylic acids is 3. The average Bonchev–Trinajstić information content (AvgIpc) is 3.84. The lowest BCUT2D eigenvalue weighted by Gasteiger charge is -2.38. The first kappa shape index (κ1) is 23.5. The highest BCUT2D eigenvalue weighted by atomic mass is 35.5. The molecule has 1 N–H and O–H groups in total. The second-order valence-corrected chi connectivity index (χ2v) is 11.1. The smallest absolute Gasteiger partial charge is 0.273 e. The molecular weight excluding hydrogens is 506 g/mol. The molecule has 11 heteroatoms. The fourth-order valence-electron chi connectivity index (χ4n) is 5.90. The Labute approximate surface area is 224 Å². The standard InChI is InChI=1S/C27H28ClN7O3/c28-19-4-2-8-34-22(15-30-24(19)34)27(38)35-20-13-16(20)14-21(35)26(37)33-11-9-32(10-12-33)23-18(3-1-7-29-23)25(36)31-17-5-6-17/h1-4,7-8,15-17,20-21H,5-6,9-14H2,(H,31,36)/t16-,20-,21-/m1/s1. The van der Waals surface area contributed by atoms with Crippen molar-refractivity contribution in [3.05, 3.63) is 59.1 Å². The van der Waals surface area contributed by atoms with Crippen LogP contribution < -0.4 is 10.2 Å². The second kappa shape index (κ2) is 8.97. The molecule has 2 aliphatic carbocycles. The van der Waals surface area contributed by atoms with Crippen LogP contribution in [0.25, 0.3) is 5.65 Å². The summed E-state index contributed by atoms with van der Waals surface area (Å²) in [5, 5.41) is 3.52. The summed E-state index contributed by atoms with van der Waals surface area (Å²) >= 11 is 6.26. The minimum absolute atomic E-state index is 0.00947. The number of rotatable bonds is 5. The van der Waals surface area contributed by atoms with E-state index < -0.39 is 6.04 Å². The number of halogens is 1. The summed E-state index contributed by atoms with van der Waals surface area (Å²) in [4.78, 5) is 54.7. The zero-order valence-corrected chi connectivity index (χ0v) is 21.5. The van der Waals surface area contributed by atoms with Gasteiger partial charge in [-0.3, -0.25) is 18.8 Å². The summed E-state index contributed by atoms with van der Waals surface area (Å²) in [7, 11) is 0. The highest BCUT2D eigenvalue weighted by Crippen LogP contribution is 2.49. The molecular formula is C27H28ClN7O3. The number of nitrogens with zero attached hydrogens (tertiary/aromatic N) is 6. The van der Waals surface area contributed by atoms with Crippen LogP contribution in [0.3, 0.4) is 0 Å². The van der Waals surface area contributed by atoms with Crippen molar-refractivity contribution < 1.29 is 14.4 Å². The molecule has 2 saturated carbocycles. The number of hydrogen-bond acceptors (Lipinski definition) is 6. The molecule has 2 aliphatic heterocycles. The van der Waals surface area contributed by atoms with Crippen LogP contribution in [-0.4, -0.2) is 86.2 Å². The maximum Gasteiger partial charge on any atom is 0.273 e. The minimum Gasteiger partial charge on any atom is -0.352 e. The maximum atomic E-state index is 13.7. The van der Waals surface area contributed by atoms with Crippen molar-refractivity contribution in [1.82, 2.24) is 29.5 Å². The van der Waals surface area contributed by atoms with Crippen molar-refractivity contribution in [1.29, 1.82) is 0 Å². The van der Waals surface area contributed by atoms with Gasteiger partial charge in [0.1, 0.15) is 17.6 Å². The molecule has 0 aromatic carbocycles. The van der Waals surface area contributed by atoms with Gasteiger partial charge in [-0.15, -0.1) is 0 Å². The molecule has 4 fully saturated rings. The molecule has 38 heavy (non-hydrogen) atoms. The van der Waals surface area contributed by atoms with E-state index in [1.807, 2.05) is 4.90 Å². The van der Waals surface area contributed by atoms with Gasteiger partial charge in [-0.2, -0.15) is 0 Å². The quantitative estimate of drug-likeness (QED) is 0.539. The summed E-state index contributed by atoms with van der Waals surface area (Å²) < 4.78 is 1.70. The minimum atomic E-state index is -0.475. The number of nitrogens with one attached hydrogen (secondary N) is 1. The van der Waals surface area contributed by atoms with E-state index in [9.17, 15) is 14.4 Å². The maximum absolute atomic E-state index is 13.7. The normalized spacial score (nSPS) is 24.4. The van der Waals surface area contributed by atoms with Gasteiger partial charge in [0.15, 0.2) is 5.65 Å². The lowest BCUT2D eigenvalue weighted by atomic mass is 10.1. The van der Waals surface area contributed by atoms with Crippen LogP contribution in [-0.2, 0) is 4.79 Å². The summed E-state index contributed by atoms with van der Waals surface area (Å²) in [5.74, 6) is 0.745. The van der Waals surface area contributed by atoms with Crippen molar-refractivity contribution in [3.8, 4) is 0 Å². The number of likely N-dealkylation sites (tertiary alicyclic amines) is 1. The first-order valence-corrected chi connectivity index (χ1v) is 13.6. The van der Waals surface area contributed by atoms with E-state index in [1.54, 1.807) is 52.2 Å². The number of pyridine rings is 2. The largest absolute Gasteiger partial charge is 0.352 e. The molecule has 3 aromatic rings. The van der Waals surface area contributed by atoms with Crippen molar-refractivity contribution in [3.63, 3.8) is 0 Å². The van der Waals surface area contributed by atoms with E-state index in [0.29, 0.717) is 66.3 Å². The lowest BCUT2D eigenvalue weighted by molar-refractivity contribution is -0.136. The molecule has 0 bridgehead atoms. The van der Waals surface area contributed by atoms with E-state index in [0.717, 1.165) is 19.3 Å². The molecule has 7 rings (SSSR count). The number of anilines is 1. The average molecular weight is 534 g/mol. The number of piperidine rings is 1. The molecule has 3 aromatic heterocycles. The van der Waals surface area contributed by atoms with Crippen molar-refractivity contribution in [2.75, 3.05) is 31.1 Å². The third-order valence-corrected chi connectivity index (χ3v) is 8.46. The Morgan fingerprint density at radius 3 is 2.61 bits per heavy atom. The Balaban J connectivity index is 1.05. The van der Waals surface area contributed by atoms with E-state index >= 15 is 0 Å². The van der Waals surface area contributed by atoms with Crippen LogP contribution in [0.5, 0.6) is 0 Å². The summed E-state index contributed by atoms with van der Waals surface area (Å²) in [6.07, 6.45) is 8.69. The first-order chi connectivity index (χ1) is 18.5. The predicted molar refractivity (Wildman–Crippen MR) is 140 cm³/mol. The van der Waals surface area contributed by atoms with E-state index in [4.69, 9.17) is 11.6 Å². The SMILES string of the molecule is O=C(NC1CC1)c1cccnc1N1CCN(C(=O)[C@H]2C[C@H]3C[C@H]3N2C(=O)c2cnc3c(Cl)cccn23)CC1. The van der Waals surface area contributed by atoms with Gasteiger partial charge >= 0.3 is 0 Å². The third kappa shape index (κ3) is 3.98. The molecule has 3 atom stereocenters. The topological polar surface area (TPSA) is 103 Å². The number of hydrogen-bond donors (Lipinski definition) is 1. The van der Waals surface area contributed by atoms with Gasteiger partial charge in [0.2, 0.25) is 5.91 Å². The zero-order chi connectivity index (χ0) is 26.0. The van der Waals surface area contributed by atoms with Gasteiger partial charge in [0.25, 0.3) is 11.8 Å². The number of piperazine rings is 1. The lowest BCUT2D eigenvalue weighted by Crippen LogP contribution is -2.55. The fraction of sp³-hybridized carbons (Fsp3) is 0.444. The number of aromatic nitrogens is 3. The molecule has 3 amide bonds. The van der Waals surface area contributed by atoms with Gasteiger partial charge in [0, 0.05) is 50.7 Å². The van der Waals surface area contributed by atoms with E-state index in [2.05, 4.69) is 20.2 Å². The first-order valence-electron chi connectivity index (χ1n) is 13.2. The van der Waals surface area contributed by atoms with Gasteiger partial charge in [-0.05, 0) is 55.9 Å². The summed E-state index contributed by atoms with van der Waals surface area (Å²) in [6, 6.07) is 7.00. The monoisotopic (exact) mass is 533 g/mol. The highest BCUT2D eigenvalue weighted by molar-refractivity contribution is 6.33. The van der Waals surface area contributed by atoms with Crippen LogP contribution in [0.2, 0.25) is 5.02 Å². The van der Waals surface area contributed by atoms with Crippen LogP contribution in [0.1, 0.15) is 46.5 Å². The number of amides is 3. The predicted octanol–water partition coefficient (Wildman–Crippen LogP) is 2.23. The highest BCUT2D eigenvalue weighted by Gasteiger charge is 2.57. The Morgan fingerprint density at radius 1 is 1.00 bits per heavy atom.